The minimum atomic E-state index is -1.45. The van der Waals surface area contributed by atoms with Gasteiger partial charge in [0.2, 0.25) is 5.91 Å². The molecule has 1 aliphatic rings. The van der Waals surface area contributed by atoms with Crippen LogP contribution >= 0.6 is 11.6 Å². The number of halogens is 1. The highest BCUT2D eigenvalue weighted by molar-refractivity contribution is 6.30. The average Bonchev–Trinajstić information content (AvgIpc) is 3.26. The van der Waals surface area contributed by atoms with Gasteiger partial charge in [-0.25, -0.2) is 9.67 Å². The van der Waals surface area contributed by atoms with Gasteiger partial charge in [-0.15, -0.1) is 0 Å². The molecule has 1 aromatic carbocycles. The Hall–Kier alpha value is -1.96. The van der Waals surface area contributed by atoms with Gasteiger partial charge < -0.3 is 15.5 Å². The summed E-state index contributed by atoms with van der Waals surface area (Å²) in [4.78, 5) is 16.5. The number of rotatable bonds is 7. The lowest BCUT2D eigenvalue weighted by molar-refractivity contribution is -0.141. The predicted octanol–water partition coefficient (Wildman–Crippen LogP) is 0.708. The quantitative estimate of drug-likeness (QED) is 0.682. The fourth-order valence-corrected chi connectivity index (χ4v) is 3.21. The molecule has 1 atom stereocenters. The third-order valence-corrected chi connectivity index (χ3v) is 4.80. The van der Waals surface area contributed by atoms with Gasteiger partial charge in [0.05, 0.1) is 18.6 Å². The van der Waals surface area contributed by atoms with Crippen molar-refractivity contribution in [1.29, 1.82) is 0 Å². The highest BCUT2D eigenvalue weighted by Crippen LogP contribution is 2.59. The number of hydrogen-bond acceptors (Lipinski definition) is 5. The summed E-state index contributed by atoms with van der Waals surface area (Å²) in [6.45, 7) is 0.103. The monoisotopic (exact) mass is 350 g/mol. The molecule has 0 radical (unpaired) electrons. The summed E-state index contributed by atoms with van der Waals surface area (Å²) in [7, 11) is 0. The maximum atomic E-state index is 12.6. The number of nitrogens with one attached hydrogen (secondary N) is 1. The number of hydrogen-bond donors (Lipinski definition) is 3. The normalized spacial score (nSPS) is 18.0. The fourth-order valence-electron chi connectivity index (χ4n) is 3.09. The summed E-state index contributed by atoms with van der Waals surface area (Å²) < 4.78 is 1.51. The van der Waals surface area contributed by atoms with Gasteiger partial charge in [-0.3, -0.25) is 4.79 Å². The minimum Gasteiger partial charge on any atom is -0.395 e. The number of carbonyl (C=O) groups is 1. The summed E-state index contributed by atoms with van der Waals surface area (Å²) in [5.74, 6) is -0.269. The first kappa shape index (κ1) is 16.9. The van der Waals surface area contributed by atoms with E-state index in [1.54, 1.807) is 24.3 Å². The van der Waals surface area contributed by atoms with E-state index in [1.165, 1.54) is 17.3 Å². The molecule has 0 bridgehead atoms. The number of carbonyl (C=O) groups excluding carboxylic acids is 1. The van der Waals surface area contributed by atoms with E-state index in [-0.39, 0.29) is 25.6 Å². The summed E-state index contributed by atoms with van der Waals surface area (Å²) >= 11 is 5.95. The van der Waals surface area contributed by atoms with Crippen molar-refractivity contribution in [1.82, 2.24) is 20.1 Å². The highest BCUT2D eigenvalue weighted by Gasteiger charge is 2.64. The number of amides is 1. The lowest BCUT2D eigenvalue weighted by atomic mass is 9.77. The summed E-state index contributed by atoms with van der Waals surface area (Å²) in [6, 6.07) is 6.81. The molecule has 0 aliphatic heterocycles. The first-order valence-electron chi connectivity index (χ1n) is 7.72. The van der Waals surface area contributed by atoms with Gasteiger partial charge in [-0.2, -0.15) is 5.10 Å². The topological polar surface area (TPSA) is 100 Å². The predicted molar refractivity (Wildman–Crippen MR) is 87.1 cm³/mol. The third kappa shape index (κ3) is 2.90. The van der Waals surface area contributed by atoms with Crippen LogP contribution in [-0.4, -0.2) is 44.0 Å². The third-order valence-electron chi connectivity index (χ3n) is 4.55. The molecule has 128 valence electrons. The van der Waals surface area contributed by atoms with E-state index in [4.69, 9.17) is 16.7 Å². The second kappa shape index (κ2) is 6.51. The van der Waals surface area contributed by atoms with Gasteiger partial charge in [0.1, 0.15) is 18.3 Å². The lowest BCUT2D eigenvalue weighted by Gasteiger charge is -2.36. The van der Waals surface area contributed by atoms with Crippen molar-refractivity contribution >= 4 is 17.5 Å². The van der Waals surface area contributed by atoms with Crippen LogP contribution in [0.5, 0.6) is 0 Å². The molecule has 24 heavy (non-hydrogen) atoms. The van der Waals surface area contributed by atoms with Gasteiger partial charge in [0.15, 0.2) is 0 Å². The Morgan fingerprint density at radius 2 is 2.08 bits per heavy atom. The van der Waals surface area contributed by atoms with Crippen LogP contribution in [0.2, 0.25) is 5.02 Å². The Morgan fingerprint density at radius 1 is 1.38 bits per heavy atom. The number of aliphatic hydroxyl groups excluding tert-OH is 1. The number of aliphatic hydroxyl groups is 2. The van der Waals surface area contributed by atoms with Crippen molar-refractivity contribution in [2.24, 2.45) is 5.41 Å². The highest BCUT2D eigenvalue weighted by atomic mass is 35.5. The van der Waals surface area contributed by atoms with Crippen molar-refractivity contribution < 1.29 is 15.0 Å². The number of aromatic nitrogens is 3. The summed E-state index contributed by atoms with van der Waals surface area (Å²) in [6.07, 6.45) is 3.99. The molecule has 1 fully saturated rings. The Labute approximate surface area is 144 Å². The van der Waals surface area contributed by atoms with E-state index in [2.05, 4.69) is 15.4 Å². The molecular formula is C16H19ClN4O3. The van der Waals surface area contributed by atoms with Gasteiger partial charge in [-0.05, 0) is 30.5 Å². The largest absolute Gasteiger partial charge is 0.395 e. The van der Waals surface area contributed by atoms with Crippen molar-refractivity contribution in [3.8, 4) is 0 Å². The summed E-state index contributed by atoms with van der Waals surface area (Å²) in [5.41, 5.74) is -1.81. The van der Waals surface area contributed by atoms with Crippen LogP contribution in [0, 0.1) is 5.41 Å². The van der Waals surface area contributed by atoms with E-state index in [1.807, 2.05) is 0 Å². The molecule has 1 amide bonds. The maximum Gasteiger partial charge on any atom is 0.229 e. The Morgan fingerprint density at radius 3 is 2.62 bits per heavy atom. The van der Waals surface area contributed by atoms with Crippen LogP contribution in [0.4, 0.5) is 0 Å². The van der Waals surface area contributed by atoms with Crippen LogP contribution in [-0.2, 0) is 16.9 Å². The molecule has 7 nitrogen and oxygen atoms in total. The molecule has 1 unspecified atom stereocenters. The molecule has 1 aromatic heterocycles. The molecule has 1 aliphatic carbocycles. The Bertz CT molecular complexity index is 701. The van der Waals surface area contributed by atoms with Crippen molar-refractivity contribution in [3.05, 3.63) is 47.5 Å². The van der Waals surface area contributed by atoms with Crippen LogP contribution in [0.3, 0.4) is 0 Å². The van der Waals surface area contributed by atoms with E-state index in [0.717, 1.165) is 0 Å². The van der Waals surface area contributed by atoms with Gasteiger partial charge in [0.25, 0.3) is 0 Å². The van der Waals surface area contributed by atoms with Gasteiger partial charge >= 0.3 is 0 Å². The second-order valence-corrected chi connectivity index (χ2v) is 6.46. The second-order valence-electron chi connectivity index (χ2n) is 6.02. The van der Waals surface area contributed by atoms with Gasteiger partial charge in [-0.1, -0.05) is 23.7 Å². The van der Waals surface area contributed by atoms with Crippen molar-refractivity contribution in [2.45, 2.75) is 25.0 Å². The standard InChI is InChI=1S/C16H19ClN4O3/c17-13-3-1-12(2-4-13)16(24,9-21-11-18-10-20-21)15(5-6-15)14(23)19-7-8-22/h1-4,10-11,22,24H,5-9H2,(H,19,23). The Kier molecular flexibility index (Phi) is 4.58. The average molecular weight is 351 g/mol. The molecular weight excluding hydrogens is 332 g/mol. The van der Waals surface area contributed by atoms with E-state index < -0.39 is 11.0 Å². The molecule has 0 spiro atoms. The zero-order valence-electron chi connectivity index (χ0n) is 13.0. The molecule has 3 rings (SSSR count). The van der Waals surface area contributed by atoms with Crippen LogP contribution in [0.25, 0.3) is 0 Å². The number of benzene rings is 1. The van der Waals surface area contributed by atoms with Crippen LogP contribution in [0.15, 0.2) is 36.9 Å². The molecule has 2 aromatic rings. The van der Waals surface area contributed by atoms with Crippen molar-refractivity contribution in [2.75, 3.05) is 13.2 Å². The zero-order chi connectivity index (χ0) is 17.2. The molecule has 8 heteroatoms. The van der Waals surface area contributed by atoms with E-state index in [9.17, 15) is 9.90 Å². The number of nitrogens with zero attached hydrogens (tertiary/aromatic N) is 3. The van der Waals surface area contributed by atoms with Crippen LogP contribution < -0.4 is 5.32 Å². The zero-order valence-corrected chi connectivity index (χ0v) is 13.8. The SMILES string of the molecule is O=C(NCCO)C1(C(O)(Cn2cncn2)c2ccc(Cl)cc2)CC1. The first-order chi connectivity index (χ1) is 11.5. The molecule has 1 heterocycles. The molecule has 3 N–H and O–H groups in total. The van der Waals surface area contributed by atoms with E-state index >= 15 is 0 Å². The molecule has 1 saturated carbocycles. The maximum absolute atomic E-state index is 12.6. The van der Waals surface area contributed by atoms with Gasteiger partial charge in [0, 0.05) is 11.6 Å². The Balaban J connectivity index is 1.98. The van der Waals surface area contributed by atoms with Crippen LogP contribution in [0.1, 0.15) is 18.4 Å². The summed E-state index contributed by atoms with van der Waals surface area (Å²) in [5, 5.41) is 27.8. The first-order valence-corrected chi connectivity index (χ1v) is 8.10. The fraction of sp³-hybridized carbons (Fsp3) is 0.438. The minimum absolute atomic E-state index is 0.0984. The van der Waals surface area contributed by atoms with Crippen molar-refractivity contribution in [3.63, 3.8) is 0 Å². The van der Waals surface area contributed by atoms with E-state index in [0.29, 0.717) is 23.4 Å². The lowest BCUT2D eigenvalue weighted by Crippen LogP contribution is -2.50. The molecule has 0 saturated heterocycles. The smallest absolute Gasteiger partial charge is 0.229 e.